The van der Waals surface area contributed by atoms with Gasteiger partial charge in [-0.15, -0.1) is 20.4 Å². The lowest BCUT2D eigenvalue weighted by Gasteiger charge is -1.98. The highest BCUT2D eigenvalue weighted by atomic mass is 32.2. The molecule has 0 saturated carbocycles. The number of rotatable bonds is 7. The number of aromatic nitrogens is 4. The monoisotopic (exact) mass is 379 g/mol. The van der Waals surface area contributed by atoms with Crippen LogP contribution in [0.25, 0.3) is 11.5 Å². The zero-order valence-corrected chi connectivity index (χ0v) is 14.9. The van der Waals surface area contributed by atoms with Crippen molar-refractivity contribution in [2.75, 3.05) is 11.1 Å². The van der Waals surface area contributed by atoms with E-state index in [1.807, 2.05) is 0 Å². The number of hydrogen-bond donors (Lipinski definition) is 1. The van der Waals surface area contributed by atoms with Crippen molar-refractivity contribution < 1.29 is 13.6 Å². The first-order valence-corrected chi connectivity index (χ1v) is 9.29. The predicted molar refractivity (Wildman–Crippen MR) is 92.9 cm³/mol. The summed E-state index contributed by atoms with van der Waals surface area (Å²) in [6.07, 6.45) is 1.81. The minimum atomic E-state index is -0.445. The fraction of sp³-hybridized carbons (Fsp3) is 0.267. The van der Waals surface area contributed by atoms with Crippen molar-refractivity contribution in [1.82, 2.24) is 20.4 Å². The molecule has 130 valence electrons. The summed E-state index contributed by atoms with van der Waals surface area (Å²) in [5.41, 5.74) is 0.226. The molecule has 0 unspecified atom stereocenters. The van der Waals surface area contributed by atoms with E-state index in [2.05, 4.69) is 32.6 Å². The lowest BCUT2D eigenvalue weighted by molar-refractivity contribution is -0.113. The van der Waals surface area contributed by atoms with Crippen LogP contribution in [-0.4, -0.2) is 32.1 Å². The van der Waals surface area contributed by atoms with Gasteiger partial charge in [0.1, 0.15) is 10.8 Å². The molecule has 25 heavy (non-hydrogen) atoms. The first-order chi connectivity index (χ1) is 12.2. The van der Waals surface area contributed by atoms with Crippen molar-refractivity contribution in [1.29, 1.82) is 0 Å². The van der Waals surface area contributed by atoms with E-state index in [9.17, 15) is 9.18 Å². The Labute approximate surface area is 151 Å². The molecule has 10 heteroatoms. The van der Waals surface area contributed by atoms with Crippen LogP contribution in [0.4, 0.5) is 9.52 Å². The van der Waals surface area contributed by atoms with E-state index in [-0.39, 0.29) is 28.3 Å². The third-order valence-corrected chi connectivity index (χ3v) is 4.73. The molecule has 0 saturated heterocycles. The highest BCUT2D eigenvalue weighted by molar-refractivity contribution is 7.99. The molecule has 0 radical (unpaired) electrons. The van der Waals surface area contributed by atoms with Crippen molar-refractivity contribution in [3.8, 4) is 11.5 Å². The number of benzene rings is 1. The predicted octanol–water partition coefficient (Wildman–Crippen LogP) is 3.41. The van der Waals surface area contributed by atoms with E-state index in [4.69, 9.17) is 4.42 Å². The summed E-state index contributed by atoms with van der Waals surface area (Å²) in [7, 11) is 0. The summed E-state index contributed by atoms with van der Waals surface area (Å²) < 4.78 is 19.1. The maximum absolute atomic E-state index is 13.7. The highest BCUT2D eigenvalue weighted by Gasteiger charge is 2.14. The molecule has 1 aromatic carbocycles. The summed E-state index contributed by atoms with van der Waals surface area (Å²) in [4.78, 5) is 11.9. The molecule has 0 aliphatic heterocycles. The Kier molecular flexibility index (Phi) is 5.71. The maximum Gasteiger partial charge on any atom is 0.277 e. The Morgan fingerprint density at radius 2 is 2.12 bits per heavy atom. The molecule has 0 fully saturated rings. The van der Waals surface area contributed by atoms with Crippen molar-refractivity contribution in [3.05, 3.63) is 35.1 Å². The molecule has 0 aliphatic rings. The largest absolute Gasteiger partial charge is 0.411 e. The standard InChI is InChI=1S/C15H14FN5O2S2/c1-2-5-12-18-20-14(25-12)17-11(22)8-24-15-21-19-13(23-15)9-6-3-4-7-10(9)16/h3-4,6-7H,2,5,8H2,1H3,(H,17,20,22). The Morgan fingerprint density at radius 1 is 1.28 bits per heavy atom. The number of thioether (sulfide) groups is 1. The van der Waals surface area contributed by atoms with Gasteiger partial charge in [0.15, 0.2) is 0 Å². The van der Waals surface area contributed by atoms with E-state index in [0.717, 1.165) is 29.6 Å². The second-order valence-corrected chi connectivity index (χ2v) is 6.93. The van der Waals surface area contributed by atoms with E-state index in [1.165, 1.54) is 17.4 Å². The van der Waals surface area contributed by atoms with Crippen molar-refractivity contribution in [2.45, 2.75) is 25.0 Å². The van der Waals surface area contributed by atoms with Gasteiger partial charge in [-0.25, -0.2) is 4.39 Å². The zero-order chi connectivity index (χ0) is 17.6. The van der Waals surface area contributed by atoms with Gasteiger partial charge in [-0.2, -0.15) is 0 Å². The Morgan fingerprint density at radius 3 is 2.92 bits per heavy atom. The summed E-state index contributed by atoms with van der Waals surface area (Å²) in [6, 6.07) is 6.12. The molecule has 0 atom stereocenters. The average Bonchev–Trinajstić information content (AvgIpc) is 3.23. The first kappa shape index (κ1) is 17.5. The Hall–Kier alpha value is -2.33. The quantitative estimate of drug-likeness (QED) is 0.629. The van der Waals surface area contributed by atoms with Gasteiger partial charge in [-0.1, -0.05) is 42.2 Å². The van der Waals surface area contributed by atoms with Crippen LogP contribution in [0.1, 0.15) is 18.4 Å². The number of nitrogens with zero attached hydrogens (tertiary/aromatic N) is 4. The lowest BCUT2D eigenvalue weighted by Crippen LogP contribution is -2.13. The number of nitrogens with one attached hydrogen (secondary N) is 1. The summed E-state index contributed by atoms with van der Waals surface area (Å²) in [6.45, 7) is 2.05. The Balaban J connectivity index is 1.55. The number of hydrogen-bond acceptors (Lipinski definition) is 8. The summed E-state index contributed by atoms with van der Waals surface area (Å²) in [5.74, 6) is -0.550. The summed E-state index contributed by atoms with van der Waals surface area (Å²) in [5, 5.41) is 19.7. The molecule has 2 heterocycles. The van der Waals surface area contributed by atoms with Crippen LogP contribution in [-0.2, 0) is 11.2 Å². The second-order valence-electron chi connectivity index (χ2n) is 4.94. The average molecular weight is 379 g/mol. The van der Waals surface area contributed by atoms with Crippen LogP contribution in [0.15, 0.2) is 33.9 Å². The molecule has 0 spiro atoms. The molecule has 3 aromatic rings. The van der Waals surface area contributed by atoms with Crippen LogP contribution < -0.4 is 5.32 Å². The fourth-order valence-corrected chi connectivity index (χ4v) is 3.33. The van der Waals surface area contributed by atoms with Crippen molar-refractivity contribution in [2.24, 2.45) is 0 Å². The molecule has 1 N–H and O–H groups in total. The van der Waals surface area contributed by atoms with Crippen molar-refractivity contribution in [3.63, 3.8) is 0 Å². The van der Waals surface area contributed by atoms with Gasteiger partial charge in [-0.05, 0) is 18.6 Å². The highest BCUT2D eigenvalue weighted by Crippen LogP contribution is 2.25. The third kappa shape index (κ3) is 4.60. The number of carbonyl (C=O) groups is 1. The van der Waals surface area contributed by atoms with Crippen LogP contribution >= 0.6 is 23.1 Å². The maximum atomic E-state index is 13.7. The molecular weight excluding hydrogens is 365 g/mol. The van der Waals surface area contributed by atoms with Gasteiger partial charge in [0, 0.05) is 6.42 Å². The van der Waals surface area contributed by atoms with Crippen LogP contribution in [0.2, 0.25) is 0 Å². The molecule has 0 aliphatic carbocycles. The number of anilines is 1. The van der Waals surface area contributed by atoms with Crippen LogP contribution in [0, 0.1) is 5.82 Å². The normalized spacial score (nSPS) is 10.8. The van der Waals surface area contributed by atoms with Gasteiger partial charge in [0.25, 0.3) is 11.1 Å². The first-order valence-electron chi connectivity index (χ1n) is 7.49. The van der Waals surface area contributed by atoms with Crippen molar-refractivity contribution >= 4 is 34.1 Å². The van der Waals surface area contributed by atoms with E-state index < -0.39 is 5.82 Å². The number of halogens is 1. The molecule has 2 aromatic heterocycles. The SMILES string of the molecule is CCCc1nnc(NC(=O)CSc2nnc(-c3ccccc3F)o2)s1. The number of amides is 1. The number of carbonyl (C=O) groups excluding carboxylic acids is 1. The Bertz CT molecular complexity index is 867. The van der Waals surface area contributed by atoms with E-state index in [0.29, 0.717) is 5.13 Å². The third-order valence-electron chi connectivity index (χ3n) is 3.01. The number of aryl methyl sites for hydroxylation is 1. The van der Waals surface area contributed by atoms with Gasteiger partial charge in [0.05, 0.1) is 11.3 Å². The molecular formula is C15H14FN5O2S2. The zero-order valence-electron chi connectivity index (χ0n) is 13.2. The fourth-order valence-electron chi connectivity index (χ4n) is 1.91. The van der Waals surface area contributed by atoms with E-state index >= 15 is 0 Å². The van der Waals surface area contributed by atoms with Gasteiger partial charge in [-0.3, -0.25) is 10.1 Å². The van der Waals surface area contributed by atoms with E-state index in [1.54, 1.807) is 18.2 Å². The topological polar surface area (TPSA) is 93.8 Å². The van der Waals surface area contributed by atoms with Gasteiger partial charge >= 0.3 is 0 Å². The minimum Gasteiger partial charge on any atom is -0.411 e. The van der Waals surface area contributed by atoms with Gasteiger partial charge < -0.3 is 4.42 Å². The molecule has 0 bridgehead atoms. The smallest absolute Gasteiger partial charge is 0.277 e. The van der Waals surface area contributed by atoms with Crippen LogP contribution in [0.5, 0.6) is 0 Å². The minimum absolute atomic E-state index is 0.0710. The van der Waals surface area contributed by atoms with Gasteiger partial charge in [0.2, 0.25) is 11.0 Å². The lowest BCUT2D eigenvalue weighted by atomic mass is 10.2. The molecule has 7 nitrogen and oxygen atoms in total. The van der Waals surface area contributed by atoms with Crippen LogP contribution in [0.3, 0.4) is 0 Å². The molecule has 3 rings (SSSR count). The molecule has 1 amide bonds. The summed E-state index contributed by atoms with van der Waals surface area (Å²) >= 11 is 2.42. The second kappa shape index (κ2) is 8.17.